The first-order chi connectivity index (χ1) is 41.7. The molecular weight excluding hydrogens is 1120 g/mol. The smallest absolute Gasteiger partial charge is 0.313 e. The molecule has 88 heavy (non-hydrogen) atoms. The minimum absolute atomic E-state index is 0.00307. The number of hydrogen-bond acceptors (Lipinski definition) is 15. The maximum absolute atomic E-state index is 12.0. The predicted molar refractivity (Wildman–Crippen MR) is 343 cm³/mol. The lowest BCUT2D eigenvalue weighted by Crippen LogP contribution is -2.49. The Morgan fingerprint density at radius 3 is 1.19 bits per heavy atom. The Labute approximate surface area is 529 Å². The SMILES string of the molecule is CCC(C)(C)C(=O)OCOC.CCC(C)(C)C(=O)OCOC1C2CC3CC(C2)CC1C3.CCC(C)(C)C(=O)OCOC1CCCCC1.CCC(C)(C)C(=O)OCOCC1c2ccccc2-c2ccccc21.CCC(C)(C)C(=O)OCOCc1ccccc1. The van der Waals surface area contributed by atoms with E-state index in [4.69, 9.17) is 42.6 Å². The number of benzene rings is 3. The summed E-state index contributed by atoms with van der Waals surface area (Å²) in [5, 5.41) is 0. The third kappa shape index (κ3) is 23.6. The van der Waals surface area contributed by atoms with Gasteiger partial charge in [-0.2, -0.15) is 0 Å². The third-order valence-corrected chi connectivity index (χ3v) is 19.0. The van der Waals surface area contributed by atoms with Crippen LogP contribution in [0.25, 0.3) is 11.1 Å². The lowest BCUT2D eigenvalue weighted by molar-refractivity contribution is -0.193. The maximum atomic E-state index is 12.0. The lowest BCUT2D eigenvalue weighted by Gasteiger charge is -2.53. The van der Waals surface area contributed by atoms with Crippen LogP contribution in [0.4, 0.5) is 0 Å². The van der Waals surface area contributed by atoms with Gasteiger partial charge in [0.15, 0.2) is 34.0 Å². The van der Waals surface area contributed by atoms with Gasteiger partial charge in [-0.15, -0.1) is 0 Å². The molecule has 494 valence electrons. The van der Waals surface area contributed by atoms with E-state index in [0.717, 1.165) is 74.2 Å². The predicted octanol–water partition coefficient (Wildman–Crippen LogP) is 16.5. The van der Waals surface area contributed by atoms with Crippen LogP contribution < -0.4 is 0 Å². The Hall–Kier alpha value is -5.19. The monoisotopic (exact) mass is 1230 g/mol. The zero-order chi connectivity index (χ0) is 65.1. The molecule has 3 aromatic rings. The average Bonchev–Trinajstić information content (AvgIpc) is 2.76. The van der Waals surface area contributed by atoms with Gasteiger partial charge in [0.2, 0.25) is 0 Å². The number of esters is 5. The van der Waals surface area contributed by atoms with E-state index in [0.29, 0.717) is 25.4 Å². The van der Waals surface area contributed by atoms with Crippen LogP contribution in [-0.2, 0) is 77.9 Å². The van der Waals surface area contributed by atoms with E-state index in [2.05, 4.69) is 53.3 Å². The number of ether oxygens (including phenoxy) is 10. The summed E-state index contributed by atoms with van der Waals surface area (Å²) in [5.74, 6) is 2.63. The van der Waals surface area contributed by atoms with E-state index in [1.54, 1.807) is 0 Å². The molecule has 0 heterocycles. The van der Waals surface area contributed by atoms with E-state index in [1.165, 1.54) is 80.7 Å². The van der Waals surface area contributed by atoms with Gasteiger partial charge in [0, 0.05) is 13.0 Å². The number of hydrogen-bond donors (Lipinski definition) is 0. The molecule has 0 aromatic heterocycles. The second-order valence-corrected chi connectivity index (χ2v) is 27.6. The van der Waals surface area contributed by atoms with Gasteiger partial charge in [0.1, 0.15) is 0 Å². The average molecular weight is 1230 g/mol. The Bertz CT molecular complexity index is 2490. The van der Waals surface area contributed by atoms with Crippen molar-refractivity contribution in [1.82, 2.24) is 0 Å². The molecular formula is C73H112O15. The Kier molecular flexibility index (Phi) is 31.3. The first-order valence-corrected chi connectivity index (χ1v) is 32.7. The van der Waals surface area contributed by atoms with E-state index in [1.807, 2.05) is 134 Å². The molecule has 5 fully saturated rings. The number of carbonyl (C=O) groups is 5. The Morgan fingerprint density at radius 2 is 0.784 bits per heavy atom. The fraction of sp³-hybridized carbons (Fsp3) is 0.685. The van der Waals surface area contributed by atoms with E-state index in [-0.39, 0.29) is 69.7 Å². The van der Waals surface area contributed by atoms with Crippen molar-refractivity contribution < 1.29 is 71.3 Å². The quantitative estimate of drug-likeness (QED) is 0.0321. The van der Waals surface area contributed by atoms with Crippen LogP contribution in [0.5, 0.6) is 0 Å². The molecule has 0 spiro atoms. The molecule has 0 aliphatic heterocycles. The minimum atomic E-state index is -0.462. The van der Waals surface area contributed by atoms with Gasteiger partial charge < -0.3 is 47.4 Å². The zero-order valence-corrected chi connectivity index (χ0v) is 56.7. The summed E-state index contributed by atoms with van der Waals surface area (Å²) in [4.78, 5) is 58.3. The van der Waals surface area contributed by atoms with Gasteiger partial charge in [-0.1, -0.05) is 133 Å². The van der Waals surface area contributed by atoms with E-state index >= 15 is 0 Å². The molecule has 6 aliphatic rings. The highest BCUT2D eigenvalue weighted by Gasteiger charge is 2.49. The van der Waals surface area contributed by atoms with Crippen LogP contribution in [0.1, 0.15) is 223 Å². The molecule has 6 aliphatic carbocycles. The van der Waals surface area contributed by atoms with Crippen LogP contribution in [-0.4, -0.2) is 89.7 Å². The van der Waals surface area contributed by atoms with Crippen molar-refractivity contribution in [2.24, 2.45) is 50.7 Å². The number of fused-ring (bicyclic) bond motifs is 3. The molecule has 0 unspecified atom stereocenters. The van der Waals surface area contributed by atoms with Gasteiger partial charge in [0.05, 0.1) is 52.5 Å². The fourth-order valence-electron chi connectivity index (χ4n) is 11.1. The van der Waals surface area contributed by atoms with Crippen molar-refractivity contribution in [2.45, 2.75) is 225 Å². The topological polar surface area (TPSA) is 178 Å². The van der Waals surface area contributed by atoms with Crippen molar-refractivity contribution in [1.29, 1.82) is 0 Å². The number of carbonyl (C=O) groups excluding carboxylic acids is 5. The fourth-order valence-corrected chi connectivity index (χ4v) is 11.1. The van der Waals surface area contributed by atoms with Gasteiger partial charge >= 0.3 is 29.8 Å². The summed E-state index contributed by atoms with van der Waals surface area (Å²) in [7, 11) is 1.49. The van der Waals surface area contributed by atoms with Crippen molar-refractivity contribution in [3.05, 3.63) is 95.6 Å². The molecule has 3 aromatic carbocycles. The molecule has 0 amide bonds. The minimum Gasteiger partial charge on any atom is -0.438 e. The van der Waals surface area contributed by atoms with Crippen molar-refractivity contribution in [3.63, 3.8) is 0 Å². The molecule has 15 nitrogen and oxygen atoms in total. The first-order valence-electron chi connectivity index (χ1n) is 32.7. The van der Waals surface area contributed by atoms with Crippen LogP contribution in [0, 0.1) is 50.7 Å². The molecule has 0 N–H and O–H groups in total. The van der Waals surface area contributed by atoms with Crippen molar-refractivity contribution in [2.75, 3.05) is 47.7 Å². The summed E-state index contributed by atoms with van der Waals surface area (Å²) >= 11 is 0. The number of rotatable bonds is 26. The highest BCUT2D eigenvalue weighted by Crippen LogP contribution is 2.54. The van der Waals surface area contributed by atoms with Crippen molar-refractivity contribution in [3.8, 4) is 11.1 Å². The standard InChI is InChI=1S/C21H24O3.C17H28O3.C14H20O3.C13H24O3.C8H16O3/c1-4-21(2,3)20(22)24-14-23-13-19-17-11-7-5-9-15(17)16-10-6-8-12-18(16)19;1-4-17(2,3)16(18)20-10-19-15-13-6-11-5-12(8-13)9-14(15)7-11;1-4-14(2,3)13(15)17-11-16-10-12-8-6-5-7-9-12;1-4-13(2,3)12(14)16-10-15-11-8-6-5-7-9-11;1-5-8(2,3)7(9)11-6-10-4/h5-12,19H,4,13-14H2,1-3H3;11-15H,4-10H2,1-3H3;5-9H,4,10-11H2,1-3H3;11H,4-10H2,1-3H3;5-6H2,1-4H3. The van der Waals surface area contributed by atoms with Crippen molar-refractivity contribution >= 4 is 29.8 Å². The van der Waals surface area contributed by atoms with Gasteiger partial charge in [-0.25, -0.2) is 0 Å². The molecule has 0 atom stereocenters. The molecule has 4 bridgehead atoms. The second-order valence-electron chi connectivity index (χ2n) is 27.6. The summed E-state index contributed by atoms with van der Waals surface area (Å²) < 4.78 is 52.7. The van der Waals surface area contributed by atoms with Gasteiger partial charge in [0.25, 0.3) is 0 Å². The first kappa shape index (κ1) is 75.3. The summed E-state index contributed by atoms with van der Waals surface area (Å²) in [6.45, 7) is 30.1. The van der Waals surface area contributed by atoms with Crippen LogP contribution in [0.15, 0.2) is 78.9 Å². The van der Waals surface area contributed by atoms with Gasteiger partial charge in [-0.05, 0) is 198 Å². The summed E-state index contributed by atoms with van der Waals surface area (Å²) in [5.41, 5.74) is 4.08. The second kappa shape index (κ2) is 36.6. The normalized spacial score (nSPS) is 19.5. The van der Waals surface area contributed by atoms with Gasteiger partial charge in [-0.3, -0.25) is 24.0 Å². The molecule has 9 rings (SSSR count). The lowest BCUT2D eigenvalue weighted by atomic mass is 9.55. The molecule has 15 heteroatoms. The maximum Gasteiger partial charge on any atom is 0.313 e. The highest BCUT2D eigenvalue weighted by molar-refractivity contribution is 5.79. The summed E-state index contributed by atoms with van der Waals surface area (Å²) in [6.07, 6.45) is 17.3. The molecule has 0 saturated heterocycles. The molecule has 5 saturated carbocycles. The largest absolute Gasteiger partial charge is 0.438 e. The summed E-state index contributed by atoms with van der Waals surface area (Å²) in [6, 6.07) is 26.6. The van der Waals surface area contributed by atoms with Crippen LogP contribution in [0.2, 0.25) is 0 Å². The Morgan fingerprint density at radius 1 is 0.420 bits per heavy atom. The van der Waals surface area contributed by atoms with E-state index < -0.39 is 27.1 Å². The highest BCUT2D eigenvalue weighted by atomic mass is 16.7. The van der Waals surface area contributed by atoms with Crippen LogP contribution in [0.3, 0.4) is 0 Å². The van der Waals surface area contributed by atoms with Crippen LogP contribution >= 0.6 is 0 Å². The zero-order valence-electron chi connectivity index (χ0n) is 56.7. The molecule has 0 radical (unpaired) electrons. The Balaban J connectivity index is 0.000000240. The number of methoxy groups -OCH3 is 1. The third-order valence-electron chi connectivity index (χ3n) is 19.0. The van der Waals surface area contributed by atoms with E-state index in [9.17, 15) is 24.0 Å².